The molecule has 4 nitrogen and oxygen atoms in total. The van der Waals surface area contributed by atoms with E-state index in [4.69, 9.17) is 4.74 Å². The molecule has 4 rings (SSSR count). The fourth-order valence-corrected chi connectivity index (χ4v) is 4.70. The van der Waals surface area contributed by atoms with Crippen LogP contribution in [0.1, 0.15) is 18.6 Å². The molecule has 2 atom stereocenters. The Balaban J connectivity index is 1.49. The lowest BCUT2D eigenvalue weighted by atomic mass is 10.1. The number of benzene rings is 2. The number of anilines is 1. The van der Waals surface area contributed by atoms with E-state index < -0.39 is 0 Å². The quantitative estimate of drug-likeness (QED) is 0.805. The Morgan fingerprint density at radius 2 is 2.07 bits per heavy atom. The van der Waals surface area contributed by atoms with E-state index in [0.717, 1.165) is 28.4 Å². The smallest absolute Gasteiger partial charge is 0.244 e. The van der Waals surface area contributed by atoms with Crippen molar-refractivity contribution < 1.29 is 13.9 Å². The van der Waals surface area contributed by atoms with Crippen LogP contribution in [0.15, 0.2) is 53.4 Å². The highest BCUT2D eigenvalue weighted by molar-refractivity contribution is 7.99. The van der Waals surface area contributed by atoms with Crippen LogP contribution in [0, 0.1) is 5.82 Å². The number of carbonyl (C=O) groups is 1. The molecule has 0 spiro atoms. The van der Waals surface area contributed by atoms with E-state index in [1.807, 2.05) is 36.1 Å². The van der Waals surface area contributed by atoms with Gasteiger partial charge in [0.2, 0.25) is 5.91 Å². The number of para-hydroxylation sites is 1. The maximum Gasteiger partial charge on any atom is 0.244 e. The molecule has 0 saturated carbocycles. The molecule has 0 aromatic heterocycles. The molecule has 0 N–H and O–H groups in total. The van der Waals surface area contributed by atoms with E-state index in [9.17, 15) is 9.18 Å². The van der Waals surface area contributed by atoms with Gasteiger partial charge in [-0.05, 0) is 36.8 Å². The Morgan fingerprint density at radius 1 is 1.22 bits per heavy atom. The van der Waals surface area contributed by atoms with Gasteiger partial charge in [-0.2, -0.15) is 0 Å². The van der Waals surface area contributed by atoms with Gasteiger partial charge in [0.1, 0.15) is 5.82 Å². The van der Waals surface area contributed by atoms with Crippen molar-refractivity contribution in [2.24, 2.45) is 0 Å². The number of halogens is 1. The SMILES string of the molecule is CC(C(=O)N1CCSc2ccccc21)N1CCOC(c2cccc(F)c2)C1. The first-order valence-corrected chi connectivity index (χ1v) is 10.3. The molecule has 6 heteroatoms. The minimum Gasteiger partial charge on any atom is -0.371 e. The molecule has 1 saturated heterocycles. The summed E-state index contributed by atoms with van der Waals surface area (Å²) in [6.45, 7) is 4.50. The maximum atomic E-state index is 13.6. The van der Waals surface area contributed by atoms with Crippen molar-refractivity contribution >= 4 is 23.4 Å². The van der Waals surface area contributed by atoms with Crippen molar-refractivity contribution in [2.75, 3.05) is 36.9 Å². The molecule has 2 aliphatic heterocycles. The van der Waals surface area contributed by atoms with Crippen molar-refractivity contribution in [3.05, 3.63) is 59.9 Å². The second-order valence-corrected chi connectivity index (χ2v) is 8.03. The molecule has 2 heterocycles. The average Bonchev–Trinajstić information content (AvgIpc) is 2.72. The van der Waals surface area contributed by atoms with Crippen LogP contribution in [0.4, 0.5) is 10.1 Å². The van der Waals surface area contributed by atoms with Crippen LogP contribution in [-0.4, -0.2) is 48.8 Å². The summed E-state index contributed by atoms with van der Waals surface area (Å²) in [6, 6.07) is 14.3. The van der Waals surface area contributed by atoms with Gasteiger partial charge < -0.3 is 9.64 Å². The molecule has 27 heavy (non-hydrogen) atoms. The van der Waals surface area contributed by atoms with Crippen LogP contribution < -0.4 is 4.90 Å². The van der Waals surface area contributed by atoms with Crippen molar-refractivity contribution in [3.63, 3.8) is 0 Å². The number of hydrogen-bond donors (Lipinski definition) is 0. The number of nitrogens with zero attached hydrogens (tertiary/aromatic N) is 2. The minimum absolute atomic E-state index is 0.114. The van der Waals surface area contributed by atoms with Gasteiger partial charge in [0.15, 0.2) is 0 Å². The molecule has 1 amide bonds. The van der Waals surface area contributed by atoms with E-state index in [1.54, 1.807) is 17.8 Å². The minimum atomic E-state index is -0.264. The molecule has 2 unspecified atom stereocenters. The summed E-state index contributed by atoms with van der Waals surface area (Å²) in [4.78, 5) is 18.4. The lowest BCUT2D eigenvalue weighted by molar-refractivity contribution is -0.126. The summed E-state index contributed by atoms with van der Waals surface area (Å²) in [7, 11) is 0. The number of ether oxygens (including phenoxy) is 1. The van der Waals surface area contributed by atoms with Gasteiger partial charge in [-0.25, -0.2) is 4.39 Å². The van der Waals surface area contributed by atoms with Crippen molar-refractivity contribution in [1.29, 1.82) is 0 Å². The van der Waals surface area contributed by atoms with Crippen LogP contribution in [0.2, 0.25) is 0 Å². The Labute approximate surface area is 163 Å². The number of amides is 1. The van der Waals surface area contributed by atoms with Gasteiger partial charge in [-0.15, -0.1) is 11.8 Å². The van der Waals surface area contributed by atoms with Crippen LogP contribution in [0.25, 0.3) is 0 Å². The van der Waals surface area contributed by atoms with Crippen LogP contribution in [0.5, 0.6) is 0 Å². The van der Waals surface area contributed by atoms with Crippen LogP contribution in [-0.2, 0) is 9.53 Å². The molecular weight excluding hydrogens is 363 g/mol. The number of carbonyl (C=O) groups excluding carboxylic acids is 1. The molecule has 0 aliphatic carbocycles. The van der Waals surface area contributed by atoms with E-state index >= 15 is 0 Å². The number of morpholine rings is 1. The number of fused-ring (bicyclic) bond motifs is 1. The Kier molecular flexibility index (Phi) is 5.48. The topological polar surface area (TPSA) is 32.8 Å². The van der Waals surface area contributed by atoms with Crippen molar-refractivity contribution in [3.8, 4) is 0 Å². The molecule has 2 aromatic carbocycles. The number of thioether (sulfide) groups is 1. The highest BCUT2D eigenvalue weighted by Gasteiger charge is 2.33. The highest BCUT2D eigenvalue weighted by atomic mass is 32.2. The average molecular weight is 386 g/mol. The van der Waals surface area contributed by atoms with Gasteiger partial charge in [-0.3, -0.25) is 9.69 Å². The number of rotatable bonds is 3. The summed E-state index contributed by atoms with van der Waals surface area (Å²) >= 11 is 1.79. The van der Waals surface area contributed by atoms with E-state index in [2.05, 4.69) is 11.0 Å². The highest BCUT2D eigenvalue weighted by Crippen LogP contribution is 2.35. The second-order valence-electron chi connectivity index (χ2n) is 6.89. The second kappa shape index (κ2) is 8.00. The fraction of sp³-hybridized carbons (Fsp3) is 0.381. The van der Waals surface area contributed by atoms with Gasteiger partial charge in [0.25, 0.3) is 0 Å². The summed E-state index contributed by atoms with van der Waals surface area (Å²) in [5.41, 5.74) is 1.82. The Morgan fingerprint density at radius 3 is 2.93 bits per heavy atom. The van der Waals surface area contributed by atoms with Gasteiger partial charge in [0.05, 0.1) is 24.4 Å². The monoisotopic (exact) mass is 386 g/mol. The summed E-state index contributed by atoms with van der Waals surface area (Å²) in [5, 5.41) is 0. The van der Waals surface area contributed by atoms with Crippen molar-refractivity contribution in [1.82, 2.24) is 4.90 Å². The van der Waals surface area contributed by atoms with Gasteiger partial charge in [0, 0.05) is 30.3 Å². The molecule has 2 aliphatic rings. The Hall–Kier alpha value is -1.89. The first kappa shape index (κ1) is 18.5. The molecule has 2 aromatic rings. The molecule has 1 fully saturated rings. The van der Waals surface area contributed by atoms with Gasteiger partial charge >= 0.3 is 0 Å². The lowest BCUT2D eigenvalue weighted by Crippen LogP contribution is -2.52. The molecule has 0 bridgehead atoms. The lowest BCUT2D eigenvalue weighted by Gasteiger charge is -2.39. The maximum absolute atomic E-state index is 13.6. The predicted octanol–water partition coefficient (Wildman–Crippen LogP) is 3.73. The van der Waals surface area contributed by atoms with Crippen molar-refractivity contribution in [2.45, 2.75) is 24.0 Å². The molecule has 0 radical (unpaired) electrons. The summed E-state index contributed by atoms with van der Waals surface area (Å²) < 4.78 is 19.4. The van der Waals surface area contributed by atoms with Crippen LogP contribution >= 0.6 is 11.8 Å². The number of hydrogen-bond acceptors (Lipinski definition) is 4. The van der Waals surface area contributed by atoms with E-state index in [0.29, 0.717) is 19.7 Å². The zero-order chi connectivity index (χ0) is 18.8. The Bertz CT molecular complexity index is 831. The first-order chi connectivity index (χ1) is 13.1. The third kappa shape index (κ3) is 3.88. The zero-order valence-corrected chi connectivity index (χ0v) is 16.1. The molecular formula is C21H23FN2O2S. The zero-order valence-electron chi connectivity index (χ0n) is 15.3. The summed E-state index contributed by atoms with van der Waals surface area (Å²) in [5.74, 6) is 0.757. The largest absolute Gasteiger partial charge is 0.371 e. The normalized spacial score (nSPS) is 21.6. The third-order valence-corrected chi connectivity index (χ3v) is 6.26. The van der Waals surface area contributed by atoms with E-state index in [-0.39, 0.29) is 23.9 Å². The van der Waals surface area contributed by atoms with E-state index in [1.165, 1.54) is 12.1 Å². The summed E-state index contributed by atoms with van der Waals surface area (Å²) in [6.07, 6.45) is -0.214. The fourth-order valence-electron chi connectivity index (χ4n) is 3.71. The van der Waals surface area contributed by atoms with Gasteiger partial charge in [-0.1, -0.05) is 24.3 Å². The first-order valence-electron chi connectivity index (χ1n) is 9.28. The molecule has 142 valence electrons. The predicted molar refractivity (Wildman–Crippen MR) is 106 cm³/mol. The third-order valence-electron chi connectivity index (χ3n) is 5.22. The standard InChI is InChI=1S/C21H23FN2O2S/c1-15(21(25)24-10-12-27-20-8-3-2-7-18(20)24)23-9-11-26-19(14-23)16-5-4-6-17(22)13-16/h2-8,13,15,19H,9-12,14H2,1H3. The van der Waals surface area contributed by atoms with Crippen LogP contribution in [0.3, 0.4) is 0 Å².